The van der Waals surface area contributed by atoms with E-state index in [1.54, 1.807) is 35.9 Å². The van der Waals surface area contributed by atoms with Crippen LogP contribution in [-0.4, -0.2) is 16.3 Å². The van der Waals surface area contributed by atoms with Crippen molar-refractivity contribution in [3.05, 3.63) is 52.0 Å². The van der Waals surface area contributed by atoms with Gasteiger partial charge in [-0.15, -0.1) is 0 Å². The lowest BCUT2D eigenvalue weighted by Gasteiger charge is -2.22. The largest absolute Gasteiger partial charge is 0.322 e. The van der Waals surface area contributed by atoms with Crippen molar-refractivity contribution in [2.45, 2.75) is 0 Å². The fraction of sp³-hybridized carbons (Fsp3) is 0. The van der Waals surface area contributed by atoms with Crippen molar-refractivity contribution in [2.75, 3.05) is 10.3 Å². The normalized spacial score (nSPS) is 13.1. The number of hydrogen-bond donors (Lipinski definition) is 2. The Bertz CT molecular complexity index is 721. The van der Waals surface area contributed by atoms with Crippen LogP contribution in [0, 0.1) is 0 Å². The molecule has 1 aliphatic rings. The summed E-state index contributed by atoms with van der Waals surface area (Å²) in [6.45, 7) is 0. The maximum Gasteiger partial charge on any atom is 0.227 e. The Labute approximate surface area is 141 Å². The zero-order chi connectivity index (χ0) is 15.5. The highest BCUT2D eigenvalue weighted by Crippen LogP contribution is 2.36. The summed E-state index contributed by atoms with van der Waals surface area (Å²) in [5.41, 5.74) is 4.25. The van der Waals surface area contributed by atoms with Crippen molar-refractivity contribution in [3.8, 4) is 0 Å². The van der Waals surface area contributed by atoms with E-state index in [1.807, 2.05) is 0 Å². The fourth-order valence-electron chi connectivity index (χ4n) is 1.74. The number of benzene rings is 1. The van der Waals surface area contributed by atoms with Crippen LogP contribution in [0.5, 0.6) is 0 Å². The van der Waals surface area contributed by atoms with Crippen LogP contribution in [0.3, 0.4) is 0 Å². The fourth-order valence-corrected chi connectivity index (χ4v) is 2.41. The summed E-state index contributed by atoms with van der Waals surface area (Å²) in [4.78, 5) is 12.1. The summed E-state index contributed by atoms with van der Waals surface area (Å²) >= 11 is 18.3. The Balaban J connectivity index is 1.88. The molecule has 1 aliphatic heterocycles. The molecule has 0 spiro atoms. The van der Waals surface area contributed by atoms with Crippen molar-refractivity contribution < 1.29 is 0 Å². The summed E-state index contributed by atoms with van der Waals surface area (Å²) < 4.78 is 0. The summed E-state index contributed by atoms with van der Waals surface area (Å²) in [5.74, 6) is 0.349. The molecule has 0 amide bonds. The monoisotopic (exact) mass is 354 g/mol. The molecule has 9 heteroatoms. The molecule has 0 fully saturated rings. The number of aromatic nitrogens is 2. The van der Waals surface area contributed by atoms with Crippen molar-refractivity contribution in [3.63, 3.8) is 0 Å². The predicted molar refractivity (Wildman–Crippen MR) is 90.0 cm³/mol. The van der Waals surface area contributed by atoms with Crippen LogP contribution in [0.2, 0.25) is 15.1 Å². The first-order valence-corrected chi connectivity index (χ1v) is 7.24. The molecule has 0 saturated carbocycles. The van der Waals surface area contributed by atoms with Crippen LogP contribution in [0.15, 0.2) is 41.9 Å². The lowest BCUT2D eigenvalue weighted by molar-refractivity contribution is 0.909. The smallest absolute Gasteiger partial charge is 0.227 e. The quantitative estimate of drug-likeness (QED) is 0.871. The highest BCUT2D eigenvalue weighted by molar-refractivity contribution is 6.39. The molecule has 112 valence electrons. The van der Waals surface area contributed by atoms with E-state index in [0.717, 1.165) is 5.69 Å². The standard InChI is InChI=1S/C13H9Cl3N6/c14-8-5-18-13(19-6-8)21-12-10(15)3-9(4-11(12)16)22-7-17-1-2-20-22/h1-7,20H,(H,18,19,21). The minimum absolute atomic E-state index is 0.349. The van der Waals surface area contributed by atoms with Gasteiger partial charge in [0.15, 0.2) is 0 Å². The molecule has 22 heavy (non-hydrogen) atoms. The molecule has 0 aliphatic carbocycles. The molecule has 2 heterocycles. The topological polar surface area (TPSA) is 65.4 Å². The van der Waals surface area contributed by atoms with E-state index in [0.29, 0.717) is 26.7 Å². The van der Waals surface area contributed by atoms with Gasteiger partial charge in [0.25, 0.3) is 0 Å². The third kappa shape index (κ3) is 3.24. The second-order valence-corrected chi connectivity index (χ2v) is 5.46. The number of nitrogens with one attached hydrogen (secondary N) is 2. The van der Waals surface area contributed by atoms with Gasteiger partial charge in [-0.05, 0) is 12.1 Å². The molecule has 2 N–H and O–H groups in total. The van der Waals surface area contributed by atoms with E-state index < -0.39 is 0 Å². The summed E-state index contributed by atoms with van der Waals surface area (Å²) in [6, 6.07) is 3.48. The second kappa shape index (κ2) is 6.39. The van der Waals surface area contributed by atoms with E-state index in [-0.39, 0.29) is 0 Å². The minimum Gasteiger partial charge on any atom is -0.322 e. The molecule has 0 bridgehead atoms. The Morgan fingerprint density at radius 3 is 2.32 bits per heavy atom. The van der Waals surface area contributed by atoms with Gasteiger partial charge in [0.05, 0.1) is 38.8 Å². The molecule has 0 radical (unpaired) electrons. The average molecular weight is 356 g/mol. The molecule has 6 nitrogen and oxygen atoms in total. The minimum atomic E-state index is 0.349. The Kier molecular flexibility index (Phi) is 4.33. The SMILES string of the molecule is Clc1cnc(Nc2c(Cl)cc(N3C=NC=CN3)cc2Cl)nc1. The Morgan fingerprint density at radius 2 is 1.73 bits per heavy atom. The number of aliphatic imine (C=N–C) groups is 1. The van der Waals surface area contributed by atoms with Crippen molar-refractivity contribution in [1.29, 1.82) is 0 Å². The van der Waals surface area contributed by atoms with Crippen molar-refractivity contribution in [2.24, 2.45) is 4.99 Å². The summed E-state index contributed by atoms with van der Waals surface area (Å²) in [7, 11) is 0. The number of hydrogen-bond acceptors (Lipinski definition) is 6. The van der Waals surface area contributed by atoms with Crippen LogP contribution >= 0.6 is 34.8 Å². The van der Waals surface area contributed by atoms with Gasteiger partial charge in [-0.3, -0.25) is 5.43 Å². The maximum absolute atomic E-state index is 6.29. The molecule has 2 aromatic rings. The maximum atomic E-state index is 6.29. The number of nitrogens with zero attached hydrogens (tertiary/aromatic N) is 4. The molecule has 3 rings (SSSR count). The van der Waals surface area contributed by atoms with Gasteiger partial charge in [-0.25, -0.2) is 20.0 Å². The highest BCUT2D eigenvalue weighted by atomic mass is 35.5. The number of rotatable bonds is 3. The van der Waals surface area contributed by atoms with E-state index in [2.05, 4.69) is 25.7 Å². The molecular weight excluding hydrogens is 347 g/mol. The zero-order valence-corrected chi connectivity index (χ0v) is 13.2. The molecule has 1 aromatic heterocycles. The second-order valence-electron chi connectivity index (χ2n) is 4.21. The van der Waals surface area contributed by atoms with Gasteiger partial charge in [0.1, 0.15) is 6.34 Å². The zero-order valence-electron chi connectivity index (χ0n) is 11.0. The van der Waals surface area contributed by atoms with E-state index in [9.17, 15) is 0 Å². The van der Waals surface area contributed by atoms with Crippen molar-refractivity contribution in [1.82, 2.24) is 15.4 Å². The molecule has 0 saturated heterocycles. The first kappa shape index (κ1) is 14.9. The van der Waals surface area contributed by atoms with E-state index >= 15 is 0 Å². The third-order valence-corrected chi connectivity index (χ3v) is 3.51. The molecule has 1 aromatic carbocycles. The molecule has 0 unspecified atom stereocenters. The van der Waals surface area contributed by atoms with Gasteiger partial charge in [-0.1, -0.05) is 34.8 Å². The van der Waals surface area contributed by atoms with Crippen LogP contribution in [0.4, 0.5) is 17.3 Å². The van der Waals surface area contributed by atoms with Gasteiger partial charge < -0.3 is 5.32 Å². The van der Waals surface area contributed by atoms with Gasteiger partial charge in [0, 0.05) is 12.4 Å². The highest BCUT2D eigenvalue weighted by Gasteiger charge is 2.13. The lowest BCUT2D eigenvalue weighted by atomic mass is 10.2. The van der Waals surface area contributed by atoms with Gasteiger partial charge in [-0.2, -0.15) is 0 Å². The molecular formula is C13H9Cl3N6. The van der Waals surface area contributed by atoms with Crippen LogP contribution in [-0.2, 0) is 0 Å². The first-order valence-electron chi connectivity index (χ1n) is 6.11. The molecule has 0 atom stereocenters. The van der Waals surface area contributed by atoms with Gasteiger partial charge >= 0.3 is 0 Å². The van der Waals surface area contributed by atoms with E-state index in [4.69, 9.17) is 34.8 Å². The summed E-state index contributed by atoms with van der Waals surface area (Å²) in [5, 5.41) is 5.94. The van der Waals surface area contributed by atoms with Crippen LogP contribution in [0.1, 0.15) is 0 Å². The van der Waals surface area contributed by atoms with Crippen molar-refractivity contribution >= 4 is 58.5 Å². The first-order chi connectivity index (χ1) is 10.6. The lowest BCUT2D eigenvalue weighted by Crippen LogP contribution is -2.34. The summed E-state index contributed by atoms with van der Waals surface area (Å²) in [6.07, 6.45) is 7.89. The van der Waals surface area contributed by atoms with Gasteiger partial charge in [0.2, 0.25) is 5.95 Å². The van der Waals surface area contributed by atoms with Crippen LogP contribution in [0.25, 0.3) is 0 Å². The number of halogens is 3. The third-order valence-electron chi connectivity index (χ3n) is 2.72. The predicted octanol–water partition coefficient (Wildman–Crippen LogP) is 4.00. The Hall–Kier alpha value is -2.02. The number of anilines is 3. The average Bonchev–Trinajstić information content (AvgIpc) is 2.53. The van der Waals surface area contributed by atoms with Crippen LogP contribution < -0.4 is 15.8 Å². The van der Waals surface area contributed by atoms with E-state index in [1.165, 1.54) is 12.4 Å². The Morgan fingerprint density at radius 1 is 1.05 bits per heavy atom. The number of hydrazine groups is 1.